The molecule has 0 amide bonds. The number of aromatic amines is 1. The summed E-state index contributed by atoms with van der Waals surface area (Å²) >= 11 is 1.52. The van der Waals surface area contributed by atoms with Gasteiger partial charge >= 0.3 is 10.1 Å². The normalized spacial score (nSPS) is 10.8. The molecule has 1 heterocycles. The maximum atomic E-state index is 13.3. The molecule has 5 heteroatoms. The Morgan fingerprint density at radius 1 is 1.00 bits per heavy atom. The number of benzene rings is 3. The van der Waals surface area contributed by atoms with E-state index in [1.807, 2.05) is 24.3 Å². The first kappa shape index (κ1) is 14.6. The molecule has 0 fully saturated rings. The number of rotatable bonds is 1. The first-order valence-corrected chi connectivity index (χ1v) is 7.34. The van der Waals surface area contributed by atoms with Gasteiger partial charge in [-0.15, -0.1) is 0 Å². The largest absolute Gasteiger partial charge is 2.00 e. The van der Waals surface area contributed by atoms with Crippen molar-refractivity contribution < 1.29 is 14.5 Å². The monoisotopic (exact) mass is 304 g/mol. The minimum Gasteiger partial charge on any atom is -0.872 e. The summed E-state index contributed by atoms with van der Waals surface area (Å²) in [5.74, 6) is -0.247. The Bertz CT molecular complexity index is 983. The Balaban J connectivity index is 0.00000144. The number of hydrogen-bond donors (Lipinski definition) is 0. The molecule has 0 atom stereocenters. The van der Waals surface area contributed by atoms with Crippen LogP contribution in [0.15, 0.2) is 54.6 Å². The molecule has 4 aromatic rings. The molecule has 0 aliphatic carbocycles. The standard InChI is InChI=1S/C17H10FNOS.Be/c18-11-6-7-12-10(9-11)5-8-14-16(12)21-17(19-14)13-3-1-2-4-15(13)20;/h1-9,20H;/q;+2. The van der Waals surface area contributed by atoms with Gasteiger partial charge in [-0.25, -0.2) is 4.39 Å². The quantitative estimate of drug-likeness (QED) is 0.497. The zero-order chi connectivity index (χ0) is 14.4. The van der Waals surface area contributed by atoms with Gasteiger partial charge in [0, 0.05) is 17.0 Å². The van der Waals surface area contributed by atoms with Crippen molar-refractivity contribution in [1.82, 2.24) is 0 Å². The van der Waals surface area contributed by atoms with Gasteiger partial charge in [-0.05, 0) is 35.7 Å². The number of para-hydroxylation sites is 1. The van der Waals surface area contributed by atoms with Gasteiger partial charge in [-0.2, -0.15) is 4.98 Å². The molecule has 0 saturated heterocycles. The van der Waals surface area contributed by atoms with Crippen LogP contribution in [-0.2, 0) is 0 Å². The van der Waals surface area contributed by atoms with Crippen LogP contribution in [-0.4, -0.2) is 10.1 Å². The van der Waals surface area contributed by atoms with Crippen molar-refractivity contribution in [3.05, 3.63) is 60.4 Å². The van der Waals surface area contributed by atoms with Gasteiger partial charge in [-0.1, -0.05) is 35.3 Å². The number of fused-ring (bicyclic) bond motifs is 3. The third kappa shape index (κ3) is 2.27. The summed E-state index contributed by atoms with van der Waals surface area (Å²) in [4.78, 5) is 3.28. The van der Waals surface area contributed by atoms with Crippen LogP contribution >= 0.6 is 11.3 Å². The summed E-state index contributed by atoms with van der Waals surface area (Å²) in [7, 11) is 0. The Labute approximate surface area is 134 Å². The van der Waals surface area contributed by atoms with Gasteiger partial charge in [0.1, 0.15) is 10.5 Å². The average molecular weight is 304 g/mol. The topological polar surface area (TPSA) is 37.2 Å². The van der Waals surface area contributed by atoms with Crippen molar-refractivity contribution in [1.29, 1.82) is 0 Å². The first-order chi connectivity index (χ1) is 10.2. The van der Waals surface area contributed by atoms with E-state index in [9.17, 15) is 9.50 Å². The molecule has 0 aliphatic heterocycles. The molecule has 0 unspecified atom stereocenters. The minimum atomic E-state index is -0.243. The molecule has 1 aromatic heterocycles. The SMILES string of the molecule is [Be+2].[O-]c1ccccc1-c1[nH+]c2ccc3cc(F)ccc3c2s1. The molecule has 0 bridgehead atoms. The summed E-state index contributed by atoms with van der Waals surface area (Å²) < 4.78 is 14.3. The maximum Gasteiger partial charge on any atom is 2.00 e. The smallest absolute Gasteiger partial charge is 0.872 e. The summed E-state index contributed by atoms with van der Waals surface area (Å²) in [6.07, 6.45) is 0. The zero-order valence-corrected chi connectivity index (χ0v) is 12.4. The molecule has 2 nitrogen and oxygen atoms in total. The van der Waals surface area contributed by atoms with Crippen molar-refractivity contribution in [2.75, 3.05) is 0 Å². The molecule has 0 aliphatic rings. The van der Waals surface area contributed by atoms with Crippen molar-refractivity contribution in [3.8, 4) is 16.3 Å². The van der Waals surface area contributed by atoms with Crippen molar-refractivity contribution in [2.45, 2.75) is 0 Å². The van der Waals surface area contributed by atoms with Gasteiger partial charge < -0.3 is 5.11 Å². The fourth-order valence-electron chi connectivity index (χ4n) is 2.51. The molecule has 1 N–H and O–H groups in total. The molecular formula is C17H10BeFNOS+2. The van der Waals surface area contributed by atoms with E-state index in [-0.39, 0.29) is 21.7 Å². The van der Waals surface area contributed by atoms with Crippen molar-refractivity contribution >= 4 is 42.4 Å². The van der Waals surface area contributed by atoms with Crippen LogP contribution in [0, 0.1) is 5.82 Å². The van der Waals surface area contributed by atoms with Crippen LogP contribution in [0.3, 0.4) is 0 Å². The Hall–Kier alpha value is -2.29. The predicted molar refractivity (Wildman–Crippen MR) is 86.5 cm³/mol. The number of H-pyrrole nitrogens is 1. The molecular weight excluding hydrogens is 294 g/mol. The summed E-state index contributed by atoms with van der Waals surface area (Å²) in [5.41, 5.74) is 1.62. The fraction of sp³-hybridized carbons (Fsp3) is 0. The van der Waals surface area contributed by atoms with Gasteiger partial charge in [0.25, 0.3) is 5.01 Å². The number of nitrogens with one attached hydrogen (secondary N) is 1. The van der Waals surface area contributed by atoms with E-state index < -0.39 is 0 Å². The zero-order valence-electron chi connectivity index (χ0n) is 11.6. The van der Waals surface area contributed by atoms with E-state index in [0.29, 0.717) is 5.56 Å². The van der Waals surface area contributed by atoms with Crippen LogP contribution < -0.4 is 10.1 Å². The number of aromatic nitrogens is 1. The van der Waals surface area contributed by atoms with Gasteiger partial charge in [0.05, 0.1) is 0 Å². The Morgan fingerprint density at radius 3 is 2.64 bits per heavy atom. The molecule has 0 spiro atoms. The van der Waals surface area contributed by atoms with Gasteiger partial charge in [-0.3, -0.25) is 0 Å². The van der Waals surface area contributed by atoms with Gasteiger partial charge in [0.2, 0.25) is 5.52 Å². The second kappa shape index (κ2) is 5.48. The second-order valence-corrected chi connectivity index (χ2v) is 5.88. The molecule has 0 saturated carbocycles. The van der Waals surface area contributed by atoms with Crippen molar-refractivity contribution in [2.24, 2.45) is 0 Å². The molecule has 4 rings (SSSR count). The van der Waals surface area contributed by atoms with Crippen LogP contribution in [0.25, 0.3) is 31.6 Å². The van der Waals surface area contributed by atoms with E-state index in [1.54, 1.807) is 18.2 Å². The number of hydrogen-bond acceptors (Lipinski definition) is 2. The number of thiazole rings is 1. The Kier molecular flexibility index (Phi) is 3.65. The van der Waals surface area contributed by atoms with Crippen LogP contribution in [0.4, 0.5) is 4.39 Å². The number of halogens is 1. The summed E-state index contributed by atoms with van der Waals surface area (Å²) in [6.45, 7) is 0. The third-order valence-electron chi connectivity index (χ3n) is 3.52. The van der Waals surface area contributed by atoms with E-state index in [0.717, 1.165) is 26.0 Å². The van der Waals surface area contributed by atoms with Crippen LogP contribution in [0.5, 0.6) is 5.75 Å². The molecule has 22 heavy (non-hydrogen) atoms. The van der Waals surface area contributed by atoms with Crippen molar-refractivity contribution in [3.63, 3.8) is 0 Å². The fourth-order valence-corrected chi connectivity index (χ4v) is 3.68. The summed E-state index contributed by atoms with van der Waals surface area (Å²) in [5, 5.41) is 14.6. The molecule has 0 radical (unpaired) electrons. The third-order valence-corrected chi connectivity index (χ3v) is 4.69. The maximum absolute atomic E-state index is 13.3. The van der Waals surface area contributed by atoms with E-state index in [2.05, 4.69) is 4.98 Å². The second-order valence-electron chi connectivity index (χ2n) is 4.86. The van der Waals surface area contributed by atoms with Crippen LogP contribution in [0.2, 0.25) is 0 Å². The molecule has 102 valence electrons. The first-order valence-electron chi connectivity index (χ1n) is 6.53. The average Bonchev–Trinajstić information content (AvgIpc) is 2.91. The summed E-state index contributed by atoms with van der Waals surface area (Å²) in [6, 6.07) is 15.5. The van der Waals surface area contributed by atoms with E-state index in [4.69, 9.17) is 0 Å². The predicted octanol–water partition coefficient (Wildman–Crippen LogP) is 3.37. The van der Waals surface area contributed by atoms with Crippen LogP contribution in [0.1, 0.15) is 0 Å². The molecule has 3 aromatic carbocycles. The Morgan fingerprint density at radius 2 is 1.82 bits per heavy atom. The van der Waals surface area contributed by atoms with E-state index >= 15 is 0 Å². The van der Waals surface area contributed by atoms with E-state index in [1.165, 1.54) is 23.5 Å². The van der Waals surface area contributed by atoms with Gasteiger partial charge in [0.15, 0.2) is 0 Å². The minimum absolute atomic E-state index is 0.